The number of nitrogens with one attached hydrogen (secondary N) is 2. The molecule has 10 heteroatoms. The molecule has 4 aromatic rings. The van der Waals surface area contributed by atoms with Crippen molar-refractivity contribution in [3.05, 3.63) is 78.4 Å². The predicted molar refractivity (Wildman–Crippen MR) is 118 cm³/mol. The third-order valence-corrected chi connectivity index (χ3v) is 5.79. The van der Waals surface area contributed by atoms with E-state index in [0.717, 1.165) is 5.56 Å². The standard InChI is InChI=1S/C22H18F2N4O3S/c1-14-7-6-8-15(13-14)32(29,30)28-21-20(25-16-9-2-3-10-17(16)26-21)27-18-11-4-5-12-19(18)31-22(23)24/h2-13,22H,1H3,(H,25,27)(H,26,28). The second kappa shape index (κ2) is 8.75. The Bertz CT molecular complexity index is 1380. The number of alkyl halides is 2. The summed E-state index contributed by atoms with van der Waals surface area (Å²) in [5.41, 5.74) is 1.89. The number of para-hydroxylation sites is 4. The zero-order valence-corrected chi connectivity index (χ0v) is 17.6. The molecule has 0 aliphatic heterocycles. The normalized spacial score (nSPS) is 11.5. The lowest BCUT2D eigenvalue weighted by Crippen LogP contribution is -2.16. The molecule has 0 fully saturated rings. The summed E-state index contributed by atoms with van der Waals surface area (Å²) in [6.45, 7) is -1.25. The second-order valence-electron chi connectivity index (χ2n) is 6.83. The summed E-state index contributed by atoms with van der Waals surface area (Å²) < 4.78 is 58.5. The number of ether oxygens (including phenoxy) is 1. The van der Waals surface area contributed by atoms with E-state index in [2.05, 4.69) is 24.7 Å². The van der Waals surface area contributed by atoms with Gasteiger partial charge in [-0.1, -0.05) is 36.4 Å². The van der Waals surface area contributed by atoms with Crippen LogP contribution in [0.25, 0.3) is 11.0 Å². The predicted octanol–water partition coefficient (Wildman–Crippen LogP) is 5.08. The summed E-state index contributed by atoms with van der Waals surface area (Å²) in [6.07, 6.45) is 0. The first-order valence-electron chi connectivity index (χ1n) is 9.49. The van der Waals surface area contributed by atoms with Crippen LogP contribution >= 0.6 is 0 Å². The molecule has 4 rings (SSSR count). The van der Waals surface area contributed by atoms with E-state index in [0.29, 0.717) is 11.0 Å². The molecule has 0 radical (unpaired) electrons. The molecule has 1 aromatic heterocycles. The van der Waals surface area contributed by atoms with Crippen LogP contribution in [0.1, 0.15) is 5.56 Å². The Morgan fingerprint density at radius 2 is 1.53 bits per heavy atom. The maximum absolute atomic E-state index is 13.0. The van der Waals surface area contributed by atoms with Crippen molar-refractivity contribution in [1.29, 1.82) is 0 Å². The zero-order chi connectivity index (χ0) is 22.7. The minimum absolute atomic E-state index is 0.0326. The molecule has 0 aliphatic rings. The third-order valence-electron chi connectivity index (χ3n) is 4.46. The van der Waals surface area contributed by atoms with Gasteiger partial charge in [-0.05, 0) is 48.9 Å². The monoisotopic (exact) mass is 456 g/mol. The van der Waals surface area contributed by atoms with Gasteiger partial charge < -0.3 is 10.1 Å². The molecule has 0 bridgehead atoms. The Morgan fingerprint density at radius 1 is 0.875 bits per heavy atom. The Labute approximate surface area is 183 Å². The molecule has 7 nitrogen and oxygen atoms in total. The van der Waals surface area contributed by atoms with E-state index in [1.165, 1.54) is 30.3 Å². The number of benzene rings is 3. The van der Waals surface area contributed by atoms with Gasteiger partial charge in [0.05, 0.1) is 21.6 Å². The zero-order valence-electron chi connectivity index (χ0n) is 16.8. The summed E-state index contributed by atoms with van der Waals surface area (Å²) in [5.74, 6) is -0.174. The van der Waals surface area contributed by atoms with Gasteiger partial charge in [-0.15, -0.1) is 0 Å². The fourth-order valence-corrected chi connectivity index (χ4v) is 4.14. The van der Waals surface area contributed by atoms with Crippen LogP contribution in [0.15, 0.2) is 77.7 Å². The van der Waals surface area contributed by atoms with E-state index in [1.807, 2.05) is 0 Å². The number of anilines is 3. The first-order chi connectivity index (χ1) is 15.3. The molecular weight excluding hydrogens is 438 g/mol. The summed E-state index contributed by atoms with van der Waals surface area (Å²) in [7, 11) is -3.99. The topological polar surface area (TPSA) is 93.2 Å². The smallest absolute Gasteiger partial charge is 0.387 e. The largest absolute Gasteiger partial charge is 0.433 e. The fraction of sp³-hybridized carbons (Fsp3) is 0.0909. The second-order valence-corrected chi connectivity index (χ2v) is 8.51. The van der Waals surface area contributed by atoms with E-state index in [9.17, 15) is 17.2 Å². The van der Waals surface area contributed by atoms with Crippen molar-refractivity contribution in [2.45, 2.75) is 18.4 Å². The van der Waals surface area contributed by atoms with Crippen LogP contribution < -0.4 is 14.8 Å². The van der Waals surface area contributed by atoms with Crippen molar-refractivity contribution in [1.82, 2.24) is 9.97 Å². The summed E-state index contributed by atoms with van der Waals surface area (Å²) in [5, 5.41) is 2.87. The molecule has 0 spiro atoms. The highest BCUT2D eigenvalue weighted by Crippen LogP contribution is 2.32. The van der Waals surface area contributed by atoms with Gasteiger partial charge in [-0.25, -0.2) is 18.4 Å². The molecule has 0 unspecified atom stereocenters. The first kappa shape index (κ1) is 21.4. The van der Waals surface area contributed by atoms with Crippen molar-refractivity contribution in [2.24, 2.45) is 0 Å². The van der Waals surface area contributed by atoms with Gasteiger partial charge >= 0.3 is 6.61 Å². The number of nitrogens with zero attached hydrogens (tertiary/aromatic N) is 2. The number of aryl methyl sites for hydroxylation is 1. The first-order valence-corrected chi connectivity index (χ1v) is 11.0. The lowest BCUT2D eigenvalue weighted by molar-refractivity contribution is -0.0493. The van der Waals surface area contributed by atoms with E-state index < -0.39 is 16.6 Å². The Morgan fingerprint density at radius 3 is 2.22 bits per heavy atom. The highest BCUT2D eigenvalue weighted by molar-refractivity contribution is 7.92. The molecule has 0 amide bonds. The summed E-state index contributed by atoms with van der Waals surface area (Å²) >= 11 is 0. The average Bonchev–Trinajstić information content (AvgIpc) is 2.75. The van der Waals surface area contributed by atoms with Gasteiger partial charge in [-0.2, -0.15) is 8.78 Å². The Hall–Kier alpha value is -3.79. The summed E-state index contributed by atoms with van der Waals surface area (Å²) in [4.78, 5) is 8.89. The van der Waals surface area contributed by atoms with Gasteiger partial charge in [0.2, 0.25) is 0 Å². The third kappa shape index (κ3) is 4.75. The molecule has 3 aromatic carbocycles. The number of hydrogen-bond donors (Lipinski definition) is 2. The van der Waals surface area contributed by atoms with Crippen molar-refractivity contribution in [3.8, 4) is 5.75 Å². The van der Waals surface area contributed by atoms with E-state index in [4.69, 9.17) is 0 Å². The molecule has 164 valence electrons. The van der Waals surface area contributed by atoms with Gasteiger partial charge in [0.25, 0.3) is 10.0 Å². The van der Waals surface area contributed by atoms with Crippen molar-refractivity contribution >= 4 is 38.4 Å². The molecule has 32 heavy (non-hydrogen) atoms. The number of sulfonamides is 1. The number of rotatable bonds is 7. The lowest BCUT2D eigenvalue weighted by atomic mass is 10.2. The molecule has 1 heterocycles. The van der Waals surface area contributed by atoms with Gasteiger partial charge in [-0.3, -0.25) is 4.72 Å². The van der Waals surface area contributed by atoms with Gasteiger partial charge in [0.15, 0.2) is 11.6 Å². The maximum atomic E-state index is 13.0. The number of hydrogen-bond acceptors (Lipinski definition) is 6. The van der Waals surface area contributed by atoms with Crippen LogP contribution in [0.5, 0.6) is 5.75 Å². The summed E-state index contributed by atoms with van der Waals surface area (Å²) in [6, 6.07) is 19.3. The molecule has 2 N–H and O–H groups in total. The molecule has 0 saturated heterocycles. The highest BCUT2D eigenvalue weighted by Gasteiger charge is 2.20. The van der Waals surface area contributed by atoms with Crippen LogP contribution in [0.2, 0.25) is 0 Å². The minimum atomic E-state index is -3.99. The molecule has 0 aliphatic carbocycles. The highest BCUT2D eigenvalue weighted by atomic mass is 32.2. The van der Waals surface area contributed by atoms with E-state index in [-0.39, 0.29) is 28.0 Å². The average molecular weight is 456 g/mol. The molecule has 0 saturated carbocycles. The number of fused-ring (bicyclic) bond motifs is 1. The number of aromatic nitrogens is 2. The molecular formula is C22H18F2N4O3S. The lowest BCUT2D eigenvalue weighted by Gasteiger charge is -2.16. The van der Waals surface area contributed by atoms with Crippen molar-refractivity contribution in [3.63, 3.8) is 0 Å². The van der Waals surface area contributed by atoms with Crippen LogP contribution in [0.4, 0.5) is 26.1 Å². The van der Waals surface area contributed by atoms with Crippen LogP contribution in [0, 0.1) is 6.92 Å². The number of halogens is 2. The van der Waals surface area contributed by atoms with Gasteiger partial charge in [0, 0.05) is 0 Å². The van der Waals surface area contributed by atoms with Crippen LogP contribution in [0.3, 0.4) is 0 Å². The maximum Gasteiger partial charge on any atom is 0.387 e. The van der Waals surface area contributed by atoms with Crippen molar-refractivity contribution in [2.75, 3.05) is 10.0 Å². The van der Waals surface area contributed by atoms with Crippen LogP contribution in [-0.2, 0) is 10.0 Å². The SMILES string of the molecule is Cc1cccc(S(=O)(=O)Nc2nc3ccccc3nc2Nc2ccccc2OC(F)F)c1. The van der Waals surface area contributed by atoms with E-state index >= 15 is 0 Å². The molecule has 0 atom stereocenters. The van der Waals surface area contributed by atoms with Crippen LogP contribution in [-0.4, -0.2) is 25.0 Å². The van der Waals surface area contributed by atoms with E-state index in [1.54, 1.807) is 49.4 Å². The quantitative estimate of drug-likeness (QED) is 0.403. The Kier molecular flexibility index (Phi) is 5.87. The van der Waals surface area contributed by atoms with Crippen molar-refractivity contribution < 1.29 is 21.9 Å². The Balaban J connectivity index is 1.78. The van der Waals surface area contributed by atoms with Gasteiger partial charge in [0.1, 0.15) is 5.75 Å². The fourth-order valence-electron chi connectivity index (χ4n) is 3.02. The minimum Gasteiger partial charge on any atom is -0.433 e.